The predicted octanol–water partition coefficient (Wildman–Crippen LogP) is 2.47. The van der Waals surface area contributed by atoms with Gasteiger partial charge in [-0.2, -0.15) is 5.10 Å². The largest absolute Gasteiger partial charge is 0.389 e. The quantitative estimate of drug-likeness (QED) is 0.747. The van der Waals surface area contributed by atoms with Gasteiger partial charge in [-0.3, -0.25) is 0 Å². The Bertz CT molecular complexity index is 671. The molecule has 0 bridgehead atoms. The average molecular weight is 239 g/mol. The monoisotopic (exact) mass is 239 g/mol. The first kappa shape index (κ1) is 10.9. The maximum atomic E-state index is 9.45. The van der Waals surface area contributed by atoms with Gasteiger partial charge in [-0.05, 0) is 24.6 Å². The molecule has 0 unspecified atom stereocenters. The molecule has 0 amide bonds. The van der Waals surface area contributed by atoms with Gasteiger partial charge in [0.2, 0.25) is 0 Å². The Kier molecular flexibility index (Phi) is 2.57. The molecule has 0 aliphatic carbocycles. The van der Waals surface area contributed by atoms with Crippen LogP contribution in [0.3, 0.4) is 0 Å². The number of pyridine rings is 1. The lowest BCUT2D eigenvalue weighted by Crippen LogP contribution is -2.00. The van der Waals surface area contributed by atoms with Gasteiger partial charge in [0.15, 0.2) is 5.82 Å². The van der Waals surface area contributed by atoms with Crippen LogP contribution in [-0.4, -0.2) is 19.9 Å². The molecule has 2 heterocycles. The minimum atomic E-state index is -0.499. The second kappa shape index (κ2) is 4.23. The van der Waals surface area contributed by atoms with Crippen LogP contribution >= 0.6 is 0 Å². The molecule has 2 aromatic heterocycles. The van der Waals surface area contributed by atoms with Gasteiger partial charge in [-0.15, -0.1) is 0 Å². The second-order valence-electron chi connectivity index (χ2n) is 4.24. The number of nitrogens with zero attached hydrogens (tertiary/aromatic N) is 3. The molecule has 0 saturated heterocycles. The van der Waals surface area contributed by atoms with E-state index in [4.69, 9.17) is 0 Å². The highest BCUT2D eigenvalue weighted by molar-refractivity contribution is 5.79. The van der Waals surface area contributed by atoms with E-state index in [-0.39, 0.29) is 0 Å². The normalized spacial score (nSPS) is 12.8. The lowest BCUT2D eigenvalue weighted by Gasteiger charge is -2.06. The van der Waals surface area contributed by atoms with E-state index in [1.807, 2.05) is 42.6 Å². The third-order valence-corrected chi connectivity index (χ3v) is 2.95. The van der Waals surface area contributed by atoms with Crippen LogP contribution in [0.5, 0.6) is 0 Å². The summed E-state index contributed by atoms with van der Waals surface area (Å²) >= 11 is 0. The van der Waals surface area contributed by atoms with Gasteiger partial charge in [-0.25, -0.2) is 9.67 Å². The van der Waals surface area contributed by atoms with Gasteiger partial charge in [-0.1, -0.05) is 24.3 Å². The Labute approximate surface area is 105 Å². The van der Waals surface area contributed by atoms with Crippen LogP contribution in [0.15, 0.2) is 48.8 Å². The fourth-order valence-electron chi connectivity index (χ4n) is 1.92. The lowest BCUT2D eigenvalue weighted by atomic mass is 10.2. The standard InChI is InChI=1S/C14H13N3O/c1-10(18)11-6-7-14(15-8-11)17-13-5-3-2-4-12(13)9-16-17/h2-10,18H,1H3/t10-/m0/s1. The number of aliphatic hydroxyl groups excluding tert-OH is 1. The van der Waals surface area contributed by atoms with Crippen LogP contribution < -0.4 is 0 Å². The van der Waals surface area contributed by atoms with Crippen molar-refractivity contribution in [2.75, 3.05) is 0 Å². The van der Waals surface area contributed by atoms with Crippen molar-refractivity contribution in [2.45, 2.75) is 13.0 Å². The number of aromatic nitrogens is 3. The highest BCUT2D eigenvalue weighted by atomic mass is 16.3. The summed E-state index contributed by atoms with van der Waals surface area (Å²) in [5, 5.41) is 14.9. The van der Waals surface area contributed by atoms with E-state index in [2.05, 4.69) is 10.1 Å². The topological polar surface area (TPSA) is 50.9 Å². The molecule has 1 atom stereocenters. The van der Waals surface area contributed by atoms with Crippen molar-refractivity contribution in [2.24, 2.45) is 0 Å². The van der Waals surface area contributed by atoms with Crippen molar-refractivity contribution < 1.29 is 5.11 Å². The molecule has 1 aromatic carbocycles. The van der Waals surface area contributed by atoms with Crippen molar-refractivity contribution in [1.29, 1.82) is 0 Å². The average Bonchev–Trinajstić information content (AvgIpc) is 2.82. The van der Waals surface area contributed by atoms with Gasteiger partial charge in [0, 0.05) is 11.6 Å². The highest BCUT2D eigenvalue weighted by Gasteiger charge is 2.06. The first-order chi connectivity index (χ1) is 8.75. The number of hydrogen-bond acceptors (Lipinski definition) is 3. The van der Waals surface area contributed by atoms with Crippen LogP contribution in [0.4, 0.5) is 0 Å². The Hall–Kier alpha value is -2.20. The van der Waals surface area contributed by atoms with Crippen molar-refractivity contribution in [3.63, 3.8) is 0 Å². The van der Waals surface area contributed by atoms with E-state index in [1.165, 1.54) is 0 Å². The second-order valence-corrected chi connectivity index (χ2v) is 4.24. The summed E-state index contributed by atoms with van der Waals surface area (Å²) in [7, 11) is 0. The molecule has 18 heavy (non-hydrogen) atoms. The summed E-state index contributed by atoms with van der Waals surface area (Å²) in [6.45, 7) is 1.72. The summed E-state index contributed by atoms with van der Waals surface area (Å²) in [4.78, 5) is 4.33. The minimum Gasteiger partial charge on any atom is -0.389 e. The summed E-state index contributed by atoms with van der Waals surface area (Å²) < 4.78 is 1.79. The van der Waals surface area contributed by atoms with Crippen LogP contribution in [0, 0.1) is 0 Å². The summed E-state index contributed by atoms with van der Waals surface area (Å²) in [6, 6.07) is 11.7. The number of para-hydroxylation sites is 1. The predicted molar refractivity (Wildman–Crippen MR) is 69.5 cm³/mol. The molecule has 4 nitrogen and oxygen atoms in total. The summed E-state index contributed by atoms with van der Waals surface area (Å²) in [5.41, 5.74) is 1.82. The Morgan fingerprint density at radius 1 is 1.11 bits per heavy atom. The van der Waals surface area contributed by atoms with Crippen molar-refractivity contribution in [3.05, 3.63) is 54.4 Å². The molecule has 90 valence electrons. The van der Waals surface area contributed by atoms with Gasteiger partial charge >= 0.3 is 0 Å². The van der Waals surface area contributed by atoms with Gasteiger partial charge in [0.1, 0.15) is 0 Å². The SMILES string of the molecule is C[C@H](O)c1ccc(-n2ncc3ccccc32)nc1. The Morgan fingerprint density at radius 2 is 1.94 bits per heavy atom. The van der Waals surface area contributed by atoms with E-state index in [1.54, 1.807) is 17.8 Å². The molecule has 0 radical (unpaired) electrons. The molecule has 0 aliphatic heterocycles. The number of aliphatic hydroxyl groups is 1. The van der Waals surface area contributed by atoms with Crippen molar-refractivity contribution >= 4 is 10.9 Å². The maximum Gasteiger partial charge on any atom is 0.153 e. The van der Waals surface area contributed by atoms with E-state index >= 15 is 0 Å². The molecule has 0 fully saturated rings. The summed E-state index contributed by atoms with van der Waals surface area (Å²) in [5.74, 6) is 0.751. The van der Waals surface area contributed by atoms with Crippen LogP contribution in [-0.2, 0) is 0 Å². The third-order valence-electron chi connectivity index (χ3n) is 2.95. The molecule has 0 saturated carbocycles. The smallest absolute Gasteiger partial charge is 0.153 e. The van der Waals surface area contributed by atoms with E-state index < -0.39 is 6.10 Å². The zero-order chi connectivity index (χ0) is 12.5. The zero-order valence-electron chi connectivity index (χ0n) is 9.99. The number of hydrogen-bond donors (Lipinski definition) is 1. The third kappa shape index (κ3) is 1.76. The molecule has 4 heteroatoms. The van der Waals surface area contributed by atoms with Crippen LogP contribution in [0.2, 0.25) is 0 Å². The lowest BCUT2D eigenvalue weighted by molar-refractivity contribution is 0.199. The number of rotatable bonds is 2. The van der Waals surface area contributed by atoms with Gasteiger partial charge in [0.25, 0.3) is 0 Å². The van der Waals surface area contributed by atoms with Gasteiger partial charge < -0.3 is 5.11 Å². The first-order valence-electron chi connectivity index (χ1n) is 5.83. The summed E-state index contributed by atoms with van der Waals surface area (Å²) in [6.07, 6.45) is 3.00. The molecule has 3 rings (SSSR count). The van der Waals surface area contributed by atoms with Crippen molar-refractivity contribution in [1.82, 2.24) is 14.8 Å². The van der Waals surface area contributed by atoms with Gasteiger partial charge in [0.05, 0.1) is 17.8 Å². The molecule has 1 N–H and O–H groups in total. The van der Waals surface area contributed by atoms with Crippen LogP contribution in [0.1, 0.15) is 18.6 Å². The molecular formula is C14H13N3O. The molecule has 3 aromatic rings. The van der Waals surface area contributed by atoms with E-state index in [9.17, 15) is 5.11 Å². The van der Waals surface area contributed by atoms with E-state index in [0.717, 1.165) is 22.3 Å². The Morgan fingerprint density at radius 3 is 2.67 bits per heavy atom. The molecular weight excluding hydrogens is 226 g/mol. The highest BCUT2D eigenvalue weighted by Crippen LogP contribution is 2.18. The maximum absolute atomic E-state index is 9.45. The van der Waals surface area contributed by atoms with E-state index in [0.29, 0.717) is 0 Å². The molecule has 0 spiro atoms. The minimum absolute atomic E-state index is 0.499. The van der Waals surface area contributed by atoms with Crippen LogP contribution in [0.25, 0.3) is 16.7 Å². The molecule has 0 aliphatic rings. The fourth-order valence-corrected chi connectivity index (χ4v) is 1.92. The first-order valence-corrected chi connectivity index (χ1v) is 5.83. The fraction of sp³-hybridized carbons (Fsp3) is 0.143. The Balaban J connectivity index is 2.09. The van der Waals surface area contributed by atoms with Crippen molar-refractivity contribution in [3.8, 4) is 5.82 Å². The zero-order valence-corrected chi connectivity index (χ0v) is 9.99. The number of fused-ring (bicyclic) bond motifs is 1. The number of benzene rings is 1.